The maximum Gasteiger partial charge on any atom is 0.263 e. The summed E-state index contributed by atoms with van der Waals surface area (Å²) in [4.78, 5) is 29.7. The predicted molar refractivity (Wildman–Crippen MR) is 74.2 cm³/mol. The molecule has 5 heteroatoms. The molecule has 3 rings (SSSR count). The Morgan fingerprint density at radius 3 is 2.65 bits per heavy atom. The van der Waals surface area contributed by atoms with Gasteiger partial charge in [0.25, 0.3) is 11.8 Å². The molecular formula is C15H13N3O2. The number of aromatic nitrogens is 1. The fourth-order valence-corrected chi connectivity index (χ4v) is 2.35. The second-order valence-corrected chi connectivity index (χ2v) is 4.64. The van der Waals surface area contributed by atoms with Crippen molar-refractivity contribution in [2.24, 2.45) is 0 Å². The second-order valence-electron chi connectivity index (χ2n) is 4.64. The summed E-state index contributed by atoms with van der Waals surface area (Å²) in [5.74, 6) is -0.590. The first-order valence-electron chi connectivity index (χ1n) is 6.32. The van der Waals surface area contributed by atoms with Gasteiger partial charge in [0.1, 0.15) is 0 Å². The summed E-state index contributed by atoms with van der Waals surface area (Å²) in [7, 11) is 0. The van der Waals surface area contributed by atoms with Gasteiger partial charge in [-0.25, -0.2) is 0 Å². The van der Waals surface area contributed by atoms with Crippen molar-refractivity contribution in [2.75, 3.05) is 12.3 Å². The summed E-state index contributed by atoms with van der Waals surface area (Å²) in [5, 5.41) is 0. The highest BCUT2D eigenvalue weighted by molar-refractivity contribution is 6.23. The molecule has 0 unspecified atom stereocenters. The van der Waals surface area contributed by atoms with E-state index >= 15 is 0 Å². The summed E-state index contributed by atoms with van der Waals surface area (Å²) >= 11 is 0. The predicted octanol–water partition coefficient (Wildman–Crippen LogP) is 1.50. The lowest BCUT2D eigenvalue weighted by Crippen LogP contribution is -2.31. The van der Waals surface area contributed by atoms with Gasteiger partial charge < -0.3 is 5.73 Å². The van der Waals surface area contributed by atoms with Crippen LogP contribution in [-0.4, -0.2) is 28.2 Å². The molecule has 1 aromatic heterocycles. The standard InChI is InChI=1S/C15H13N3O2/c16-12-5-1-4-11-13(12)15(20)18(14(11)19)8-6-10-3-2-7-17-9-10/h1-5,7,9H,6,8,16H2. The average Bonchev–Trinajstić information content (AvgIpc) is 2.71. The van der Waals surface area contributed by atoms with Crippen LogP contribution in [0.2, 0.25) is 0 Å². The highest BCUT2D eigenvalue weighted by Gasteiger charge is 2.36. The van der Waals surface area contributed by atoms with E-state index in [9.17, 15) is 9.59 Å². The number of nitrogens with zero attached hydrogens (tertiary/aromatic N) is 2. The molecule has 1 aliphatic rings. The minimum absolute atomic E-state index is 0.277. The van der Waals surface area contributed by atoms with Crippen molar-refractivity contribution >= 4 is 17.5 Å². The number of carbonyl (C=O) groups is 2. The van der Waals surface area contributed by atoms with E-state index in [0.717, 1.165) is 5.56 Å². The Balaban J connectivity index is 1.82. The minimum Gasteiger partial charge on any atom is -0.398 e. The Bertz CT molecular complexity index is 683. The van der Waals surface area contributed by atoms with Gasteiger partial charge in [0.05, 0.1) is 11.1 Å². The third-order valence-electron chi connectivity index (χ3n) is 3.38. The number of rotatable bonds is 3. The van der Waals surface area contributed by atoms with Crippen LogP contribution in [0.25, 0.3) is 0 Å². The number of carbonyl (C=O) groups excluding carboxylic acids is 2. The van der Waals surface area contributed by atoms with Crippen molar-refractivity contribution in [3.05, 3.63) is 59.4 Å². The Morgan fingerprint density at radius 1 is 1.10 bits per heavy atom. The van der Waals surface area contributed by atoms with Gasteiger partial charge in [0.15, 0.2) is 0 Å². The average molecular weight is 267 g/mol. The maximum atomic E-state index is 12.3. The molecule has 2 heterocycles. The number of fused-ring (bicyclic) bond motifs is 1. The van der Waals surface area contributed by atoms with Crippen LogP contribution in [0.4, 0.5) is 5.69 Å². The first-order chi connectivity index (χ1) is 9.68. The van der Waals surface area contributed by atoms with E-state index in [4.69, 9.17) is 5.73 Å². The number of pyridine rings is 1. The zero-order valence-electron chi connectivity index (χ0n) is 10.7. The zero-order valence-corrected chi connectivity index (χ0v) is 10.7. The molecule has 5 nitrogen and oxygen atoms in total. The van der Waals surface area contributed by atoms with Crippen LogP contribution in [0.15, 0.2) is 42.7 Å². The Labute approximate surface area is 116 Å². The van der Waals surface area contributed by atoms with Crippen molar-refractivity contribution in [1.29, 1.82) is 0 Å². The number of anilines is 1. The number of hydrogen-bond donors (Lipinski definition) is 1. The number of imide groups is 1. The molecule has 0 aliphatic carbocycles. The van der Waals surface area contributed by atoms with Gasteiger partial charge in [-0.05, 0) is 30.2 Å². The Kier molecular flexibility index (Phi) is 2.95. The van der Waals surface area contributed by atoms with Crippen LogP contribution < -0.4 is 5.73 Å². The van der Waals surface area contributed by atoms with Gasteiger partial charge in [-0.15, -0.1) is 0 Å². The van der Waals surface area contributed by atoms with Gasteiger partial charge in [0.2, 0.25) is 0 Å². The van der Waals surface area contributed by atoms with Crippen LogP contribution in [0.3, 0.4) is 0 Å². The summed E-state index contributed by atoms with van der Waals surface area (Å²) < 4.78 is 0. The van der Waals surface area contributed by atoms with Crippen LogP contribution in [-0.2, 0) is 6.42 Å². The first-order valence-corrected chi connectivity index (χ1v) is 6.32. The topological polar surface area (TPSA) is 76.3 Å². The van der Waals surface area contributed by atoms with Crippen molar-refractivity contribution in [3.63, 3.8) is 0 Å². The van der Waals surface area contributed by atoms with E-state index < -0.39 is 0 Å². The molecule has 2 N–H and O–H groups in total. The molecular weight excluding hydrogens is 254 g/mol. The molecule has 0 spiro atoms. The van der Waals surface area contributed by atoms with E-state index in [1.165, 1.54) is 4.90 Å². The van der Waals surface area contributed by atoms with Gasteiger partial charge in [-0.2, -0.15) is 0 Å². The summed E-state index contributed by atoms with van der Waals surface area (Å²) in [5.41, 5.74) is 7.83. The molecule has 0 radical (unpaired) electrons. The molecule has 0 saturated heterocycles. The number of hydrogen-bond acceptors (Lipinski definition) is 4. The largest absolute Gasteiger partial charge is 0.398 e. The molecule has 1 aliphatic heterocycles. The van der Waals surface area contributed by atoms with E-state index in [1.54, 1.807) is 30.6 Å². The van der Waals surface area contributed by atoms with E-state index in [-0.39, 0.29) is 11.8 Å². The highest BCUT2D eigenvalue weighted by atomic mass is 16.2. The van der Waals surface area contributed by atoms with Crippen molar-refractivity contribution in [1.82, 2.24) is 9.88 Å². The van der Waals surface area contributed by atoms with Gasteiger partial charge in [-0.1, -0.05) is 12.1 Å². The van der Waals surface area contributed by atoms with E-state index in [0.29, 0.717) is 29.8 Å². The van der Waals surface area contributed by atoms with E-state index in [2.05, 4.69) is 4.98 Å². The monoisotopic (exact) mass is 267 g/mol. The Hall–Kier alpha value is -2.69. The van der Waals surface area contributed by atoms with E-state index in [1.807, 2.05) is 12.1 Å². The van der Waals surface area contributed by atoms with Gasteiger partial charge >= 0.3 is 0 Å². The normalized spacial score (nSPS) is 13.7. The second kappa shape index (κ2) is 4.77. The number of amides is 2. The first kappa shape index (κ1) is 12.3. The highest BCUT2D eigenvalue weighted by Crippen LogP contribution is 2.27. The summed E-state index contributed by atoms with van der Waals surface area (Å²) in [6, 6.07) is 8.70. The number of nitrogens with two attached hydrogens (primary N) is 1. The third-order valence-corrected chi connectivity index (χ3v) is 3.38. The van der Waals surface area contributed by atoms with Gasteiger partial charge in [0, 0.05) is 24.6 Å². The summed E-state index contributed by atoms with van der Waals surface area (Å²) in [6.07, 6.45) is 4.00. The molecule has 20 heavy (non-hydrogen) atoms. The lowest BCUT2D eigenvalue weighted by molar-refractivity contribution is 0.0656. The van der Waals surface area contributed by atoms with Crippen LogP contribution >= 0.6 is 0 Å². The fourth-order valence-electron chi connectivity index (χ4n) is 2.35. The number of benzene rings is 1. The minimum atomic E-state index is -0.313. The SMILES string of the molecule is Nc1cccc2c1C(=O)N(CCc1cccnc1)C2=O. The molecule has 0 atom stereocenters. The van der Waals surface area contributed by atoms with Crippen LogP contribution in [0, 0.1) is 0 Å². The molecule has 0 saturated carbocycles. The molecule has 0 bridgehead atoms. The smallest absolute Gasteiger partial charge is 0.263 e. The van der Waals surface area contributed by atoms with Crippen molar-refractivity contribution in [3.8, 4) is 0 Å². The molecule has 100 valence electrons. The lowest BCUT2D eigenvalue weighted by atomic mass is 10.1. The van der Waals surface area contributed by atoms with Crippen LogP contribution in [0.5, 0.6) is 0 Å². The Morgan fingerprint density at radius 2 is 1.95 bits per heavy atom. The fraction of sp³-hybridized carbons (Fsp3) is 0.133. The van der Waals surface area contributed by atoms with Gasteiger partial charge in [-0.3, -0.25) is 19.5 Å². The molecule has 1 aromatic carbocycles. The van der Waals surface area contributed by atoms with Crippen molar-refractivity contribution < 1.29 is 9.59 Å². The third kappa shape index (κ3) is 1.93. The number of nitrogen functional groups attached to an aromatic ring is 1. The van der Waals surface area contributed by atoms with Crippen LogP contribution in [0.1, 0.15) is 26.3 Å². The molecule has 0 fully saturated rings. The summed E-state index contributed by atoms with van der Waals surface area (Å²) in [6.45, 7) is 0.331. The maximum absolute atomic E-state index is 12.3. The quantitative estimate of drug-likeness (QED) is 0.675. The lowest BCUT2D eigenvalue weighted by Gasteiger charge is -2.13. The molecule has 2 aromatic rings. The molecule has 2 amide bonds. The zero-order chi connectivity index (χ0) is 14.1. The van der Waals surface area contributed by atoms with Crippen molar-refractivity contribution in [2.45, 2.75) is 6.42 Å².